The van der Waals surface area contributed by atoms with Crippen molar-refractivity contribution in [3.63, 3.8) is 0 Å². The third kappa shape index (κ3) is 2.53. The van der Waals surface area contributed by atoms with Gasteiger partial charge in [0, 0.05) is 9.77 Å². The van der Waals surface area contributed by atoms with Crippen LogP contribution in [0.5, 0.6) is 5.88 Å². The fraction of sp³-hybridized carbons (Fsp3) is 0.333. The van der Waals surface area contributed by atoms with Crippen molar-refractivity contribution in [3.05, 3.63) is 20.9 Å². The highest BCUT2D eigenvalue weighted by Crippen LogP contribution is 2.33. The first-order valence-corrected chi connectivity index (χ1v) is 5.06. The van der Waals surface area contributed by atoms with E-state index in [-0.39, 0.29) is 17.9 Å². The Morgan fingerprint density at radius 1 is 1.67 bits per heavy atom. The quantitative estimate of drug-likeness (QED) is 0.803. The van der Waals surface area contributed by atoms with E-state index in [1.165, 1.54) is 13.3 Å². The van der Waals surface area contributed by atoms with Crippen LogP contribution in [0.1, 0.15) is 17.6 Å². The first kappa shape index (κ1) is 12.1. The van der Waals surface area contributed by atoms with Gasteiger partial charge < -0.3 is 4.74 Å². The third-order valence-corrected chi connectivity index (χ3v) is 3.04. The maximum atomic E-state index is 12.7. The number of nitrogens with zero attached hydrogens (tertiary/aromatic N) is 2. The molecule has 15 heavy (non-hydrogen) atoms. The Kier molecular flexibility index (Phi) is 4.20. The number of ether oxygens (including phenoxy) is 1. The zero-order valence-electron chi connectivity index (χ0n) is 7.80. The molecule has 6 heteroatoms. The maximum Gasteiger partial charge on any atom is 0.270 e. The molecule has 0 N–H and O–H groups in total. The van der Waals surface area contributed by atoms with E-state index < -0.39 is 6.43 Å². The Morgan fingerprint density at radius 2 is 2.33 bits per heavy atom. The average Bonchev–Trinajstić information content (AvgIpc) is 2.20. The number of rotatable bonds is 3. The molecule has 0 unspecified atom stereocenters. The van der Waals surface area contributed by atoms with Crippen LogP contribution in [0.2, 0.25) is 0 Å². The van der Waals surface area contributed by atoms with Gasteiger partial charge in [-0.2, -0.15) is 5.26 Å². The van der Waals surface area contributed by atoms with Gasteiger partial charge in [-0.3, -0.25) is 0 Å². The van der Waals surface area contributed by atoms with Gasteiger partial charge in [-0.1, -0.05) is 0 Å². The normalized spacial score (nSPS) is 10.1. The number of aromatic nitrogens is 1. The summed E-state index contributed by atoms with van der Waals surface area (Å²) in [5, 5.41) is 8.50. The number of pyridine rings is 1. The summed E-state index contributed by atoms with van der Waals surface area (Å²) in [6.07, 6.45) is -1.21. The van der Waals surface area contributed by atoms with E-state index in [1.807, 2.05) is 6.07 Å². The van der Waals surface area contributed by atoms with Gasteiger partial charge >= 0.3 is 0 Å². The van der Waals surface area contributed by atoms with Gasteiger partial charge in [-0.05, 0) is 28.2 Å². The summed E-state index contributed by atoms with van der Waals surface area (Å²) in [4.78, 5) is 3.74. The molecule has 1 rings (SSSR count). The van der Waals surface area contributed by atoms with Crippen molar-refractivity contribution in [3.8, 4) is 11.9 Å². The maximum absolute atomic E-state index is 12.7. The topological polar surface area (TPSA) is 45.9 Å². The Balaban J connectivity index is 3.30. The first-order chi connectivity index (χ1) is 7.11. The van der Waals surface area contributed by atoms with Gasteiger partial charge in [0.15, 0.2) is 0 Å². The van der Waals surface area contributed by atoms with Crippen LogP contribution >= 0.6 is 22.6 Å². The van der Waals surface area contributed by atoms with E-state index in [1.54, 1.807) is 22.6 Å². The zero-order valence-corrected chi connectivity index (χ0v) is 9.96. The number of nitriles is 1. The summed E-state index contributed by atoms with van der Waals surface area (Å²) < 4.78 is 30.5. The van der Waals surface area contributed by atoms with Crippen molar-refractivity contribution >= 4 is 22.6 Å². The highest BCUT2D eigenvalue weighted by atomic mass is 127. The van der Waals surface area contributed by atoms with Gasteiger partial charge in [-0.15, -0.1) is 0 Å². The third-order valence-electron chi connectivity index (χ3n) is 1.77. The molecule has 0 aromatic carbocycles. The summed E-state index contributed by atoms with van der Waals surface area (Å²) in [5.41, 5.74) is 0.250. The van der Waals surface area contributed by atoms with Crippen molar-refractivity contribution in [2.75, 3.05) is 7.11 Å². The lowest BCUT2D eigenvalue weighted by molar-refractivity contribution is 0.145. The van der Waals surface area contributed by atoms with E-state index in [9.17, 15) is 8.78 Å². The molecule has 80 valence electrons. The largest absolute Gasteiger partial charge is 0.481 e. The molecular weight excluding hydrogens is 317 g/mol. The lowest BCUT2D eigenvalue weighted by Crippen LogP contribution is -2.02. The molecule has 0 saturated carbocycles. The van der Waals surface area contributed by atoms with E-state index in [2.05, 4.69) is 4.98 Å². The van der Waals surface area contributed by atoms with E-state index in [0.29, 0.717) is 9.13 Å². The summed E-state index contributed by atoms with van der Waals surface area (Å²) in [7, 11) is 1.29. The van der Waals surface area contributed by atoms with E-state index in [0.717, 1.165) is 0 Å². The first-order valence-electron chi connectivity index (χ1n) is 3.98. The Morgan fingerprint density at radius 3 is 2.80 bits per heavy atom. The average molecular weight is 324 g/mol. The SMILES string of the molecule is COc1ncc(CC#N)c(I)c1C(F)F. The fourth-order valence-electron chi connectivity index (χ4n) is 1.09. The fourth-order valence-corrected chi connectivity index (χ4v) is 1.89. The lowest BCUT2D eigenvalue weighted by Gasteiger charge is -2.10. The van der Waals surface area contributed by atoms with Crippen molar-refractivity contribution in [1.82, 2.24) is 4.98 Å². The molecule has 1 aromatic heterocycles. The van der Waals surface area contributed by atoms with E-state index in [4.69, 9.17) is 10.00 Å². The molecule has 0 atom stereocenters. The highest BCUT2D eigenvalue weighted by Gasteiger charge is 2.21. The van der Waals surface area contributed by atoms with Gasteiger partial charge in [-0.25, -0.2) is 13.8 Å². The summed E-state index contributed by atoms with van der Waals surface area (Å²) >= 11 is 1.78. The van der Waals surface area contributed by atoms with Crippen LogP contribution in [-0.2, 0) is 6.42 Å². The molecule has 0 aliphatic heterocycles. The number of halogens is 3. The molecule has 0 saturated heterocycles. The van der Waals surface area contributed by atoms with Gasteiger partial charge in [0.2, 0.25) is 5.88 Å². The van der Waals surface area contributed by atoms with Crippen LogP contribution < -0.4 is 4.74 Å². The van der Waals surface area contributed by atoms with Crippen LogP contribution in [-0.4, -0.2) is 12.1 Å². The minimum Gasteiger partial charge on any atom is -0.481 e. The predicted octanol–water partition coefficient (Wildman–Crippen LogP) is 2.70. The molecule has 1 heterocycles. The zero-order chi connectivity index (χ0) is 11.4. The van der Waals surface area contributed by atoms with Gasteiger partial charge in [0.25, 0.3) is 6.43 Å². The smallest absolute Gasteiger partial charge is 0.270 e. The number of hydrogen-bond acceptors (Lipinski definition) is 3. The molecule has 0 aliphatic rings. The lowest BCUT2D eigenvalue weighted by atomic mass is 10.1. The molecule has 0 aliphatic carbocycles. The minimum atomic E-state index is -2.65. The summed E-state index contributed by atoms with van der Waals surface area (Å²) in [6.45, 7) is 0. The van der Waals surface area contributed by atoms with Gasteiger partial charge in [0.1, 0.15) is 0 Å². The molecule has 0 fully saturated rings. The van der Waals surface area contributed by atoms with Crippen LogP contribution in [0, 0.1) is 14.9 Å². The molecule has 1 aromatic rings. The van der Waals surface area contributed by atoms with Gasteiger partial charge in [0.05, 0.1) is 25.2 Å². The van der Waals surface area contributed by atoms with Crippen LogP contribution in [0.3, 0.4) is 0 Å². The van der Waals surface area contributed by atoms with E-state index >= 15 is 0 Å². The standard InChI is InChI=1S/C9H7F2IN2O/c1-15-9-6(8(10)11)7(12)5(2-3-13)4-14-9/h4,8H,2H2,1H3. The molecule has 0 radical (unpaired) electrons. The molecular formula is C9H7F2IN2O. The van der Waals surface area contributed by atoms with Crippen molar-refractivity contribution in [2.45, 2.75) is 12.8 Å². The number of alkyl halides is 2. The molecule has 0 bridgehead atoms. The van der Waals surface area contributed by atoms with Crippen molar-refractivity contribution < 1.29 is 13.5 Å². The second-order valence-electron chi connectivity index (χ2n) is 2.66. The monoisotopic (exact) mass is 324 g/mol. The second kappa shape index (κ2) is 5.21. The van der Waals surface area contributed by atoms with Crippen LogP contribution in [0.15, 0.2) is 6.20 Å². The molecule has 0 amide bonds. The van der Waals surface area contributed by atoms with Crippen molar-refractivity contribution in [1.29, 1.82) is 5.26 Å². The van der Waals surface area contributed by atoms with Crippen LogP contribution in [0.4, 0.5) is 8.78 Å². The van der Waals surface area contributed by atoms with Crippen LogP contribution in [0.25, 0.3) is 0 Å². The number of hydrogen-bond donors (Lipinski definition) is 0. The minimum absolute atomic E-state index is 0.0645. The molecule has 3 nitrogen and oxygen atoms in total. The summed E-state index contributed by atoms with van der Waals surface area (Å²) in [6, 6.07) is 1.90. The number of methoxy groups -OCH3 is 1. The molecule has 0 spiro atoms. The summed E-state index contributed by atoms with van der Waals surface area (Å²) in [5.74, 6) is -0.0870. The Hall–Kier alpha value is -0.970. The predicted molar refractivity (Wildman–Crippen MR) is 57.8 cm³/mol. The van der Waals surface area contributed by atoms with Crippen molar-refractivity contribution in [2.24, 2.45) is 0 Å². The Bertz CT molecular complexity index is 404. The second-order valence-corrected chi connectivity index (χ2v) is 3.73. The highest BCUT2D eigenvalue weighted by molar-refractivity contribution is 14.1. The Labute approximate surface area is 99.2 Å².